The summed E-state index contributed by atoms with van der Waals surface area (Å²) in [6, 6.07) is 3.03. The van der Waals surface area contributed by atoms with Gasteiger partial charge in [0.1, 0.15) is 4.21 Å². The third kappa shape index (κ3) is 3.93. The zero-order chi connectivity index (χ0) is 13.3. The Morgan fingerprint density at radius 2 is 2.06 bits per heavy atom. The molecule has 0 spiro atoms. The van der Waals surface area contributed by atoms with E-state index in [0.29, 0.717) is 10.9 Å². The Kier molecular flexibility index (Phi) is 4.60. The Labute approximate surface area is 111 Å². The molecule has 0 radical (unpaired) electrons. The molecule has 1 rings (SSSR count). The highest BCUT2D eigenvalue weighted by Gasteiger charge is 2.29. The Balaban J connectivity index is 3.03. The lowest BCUT2D eigenvalue weighted by Crippen LogP contribution is -2.41. The number of hydrogen-bond donors (Lipinski definition) is 1. The van der Waals surface area contributed by atoms with E-state index in [0.717, 1.165) is 11.3 Å². The molecule has 4 nitrogen and oxygen atoms in total. The molecule has 0 aliphatic carbocycles. The van der Waals surface area contributed by atoms with Crippen molar-refractivity contribution in [2.24, 2.45) is 0 Å². The normalized spacial score (nSPS) is 13.3. The fourth-order valence-corrected chi connectivity index (χ4v) is 4.60. The Hall–Kier alpha value is -0.140. The van der Waals surface area contributed by atoms with Gasteiger partial charge in [-0.1, -0.05) is 18.5 Å². The maximum Gasteiger partial charge on any atom is 0.252 e. The predicted octanol–water partition coefficient (Wildman–Crippen LogP) is 2.18. The van der Waals surface area contributed by atoms with Crippen LogP contribution in [-0.4, -0.2) is 36.5 Å². The Morgan fingerprint density at radius 1 is 1.47 bits per heavy atom. The molecule has 0 saturated carbocycles. The third-order valence-corrected chi connectivity index (χ3v) is 5.68. The third-order valence-electron chi connectivity index (χ3n) is 2.06. The lowest BCUT2D eigenvalue weighted by molar-refractivity contribution is 0.0602. The molecule has 1 N–H and O–H groups in total. The molecule has 0 amide bonds. The second-order valence-corrected chi connectivity index (χ2v) is 8.18. The average Bonchev–Trinajstić information content (AvgIpc) is 2.60. The van der Waals surface area contributed by atoms with E-state index in [1.54, 1.807) is 26.8 Å². The van der Waals surface area contributed by atoms with Crippen molar-refractivity contribution in [2.45, 2.75) is 30.6 Å². The highest BCUT2D eigenvalue weighted by Crippen LogP contribution is 2.28. The van der Waals surface area contributed by atoms with Crippen LogP contribution in [0.2, 0.25) is 4.34 Å². The molecule has 1 aromatic rings. The fraction of sp³-hybridized carbons (Fsp3) is 0.600. The Bertz CT molecular complexity index is 476. The van der Waals surface area contributed by atoms with Crippen LogP contribution >= 0.6 is 22.9 Å². The van der Waals surface area contributed by atoms with Gasteiger partial charge in [0.25, 0.3) is 10.0 Å². The molecule has 0 unspecified atom stereocenters. The minimum absolute atomic E-state index is 0.0569. The summed E-state index contributed by atoms with van der Waals surface area (Å²) in [5.74, 6) is 0. The van der Waals surface area contributed by atoms with E-state index in [1.807, 2.05) is 0 Å². The lowest BCUT2D eigenvalue weighted by atomic mass is 10.1. The first-order valence-electron chi connectivity index (χ1n) is 5.14. The molecule has 0 atom stereocenters. The van der Waals surface area contributed by atoms with Gasteiger partial charge in [-0.3, -0.25) is 0 Å². The van der Waals surface area contributed by atoms with Crippen LogP contribution in [0.25, 0.3) is 0 Å². The van der Waals surface area contributed by atoms with Crippen molar-refractivity contribution in [3.63, 3.8) is 0 Å². The van der Waals surface area contributed by atoms with Crippen molar-refractivity contribution in [2.75, 3.05) is 13.1 Å². The van der Waals surface area contributed by atoms with Gasteiger partial charge in [-0.2, -0.15) is 4.31 Å². The van der Waals surface area contributed by atoms with Crippen molar-refractivity contribution >= 4 is 33.0 Å². The second-order valence-electron chi connectivity index (χ2n) is 4.30. The van der Waals surface area contributed by atoms with Gasteiger partial charge in [-0.05, 0) is 26.0 Å². The Morgan fingerprint density at radius 3 is 2.41 bits per heavy atom. The van der Waals surface area contributed by atoms with Gasteiger partial charge in [-0.15, -0.1) is 11.3 Å². The van der Waals surface area contributed by atoms with E-state index in [2.05, 4.69) is 0 Å². The summed E-state index contributed by atoms with van der Waals surface area (Å²) >= 11 is 6.75. The topological polar surface area (TPSA) is 57.6 Å². The van der Waals surface area contributed by atoms with Gasteiger partial charge < -0.3 is 5.11 Å². The molecule has 98 valence electrons. The molecule has 0 saturated heterocycles. The molecule has 1 heterocycles. The summed E-state index contributed by atoms with van der Waals surface area (Å²) in [4.78, 5) is 0. The van der Waals surface area contributed by atoms with E-state index < -0.39 is 15.6 Å². The molecule has 0 aromatic carbocycles. The van der Waals surface area contributed by atoms with Crippen molar-refractivity contribution in [3.05, 3.63) is 16.5 Å². The van der Waals surface area contributed by atoms with Gasteiger partial charge in [0.2, 0.25) is 0 Å². The molecule has 7 heteroatoms. The van der Waals surface area contributed by atoms with Gasteiger partial charge in [0.05, 0.1) is 9.94 Å². The van der Waals surface area contributed by atoms with Gasteiger partial charge >= 0.3 is 0 Å². The van der Waals surface area contributed by atoms with Crippen LogP contribution in [0.3, 0.4) is 0 Å². The first-order valence-corrected chi connectivity index (χ1v) is 7.78. The van der Waals surface area contributed by atoms with Gasteiger partial charge in [0, 0.05) is 13.1 Å². The van der Waals surface area contributed by atoms with Crippen LogP contribution in [0.1, 0.15) is 20.8 Å². The van der Waals surface area contributed by atoms with E-state index in [4.69, 9.17) is 11.6 Å². The van der Waals surface area contributed by atoms with Crippen molar-refractivity contribution in [3.8, 4) is 0 Å². The average molecular weight is 298 g/mol. The summed E-state index contributed by atoms with van der Waals surface area (Å²) in [6.45, 7) is 5.25. The van der Waals surface area contributed by atoms with Gasteiger partial charge in [-0.25, -0.2) is 8.42 Å². The molecular weight excluding hydrogens is 282 g/mol. The fourth-order valence-electron chi connectivity index (χ4n) is 1.36. The quantitative estimate of drug-likeness (QED) is 0.906. The molecule has 0 bridgehead atoms. The molecule has 1 aromatic heterocycles. The summed E-state index contributed by atoms with van der Waals surface area (Å²) < 4.78 is 26.3. The SMILES string of the molecule is CCN(CC(C)(C)O)S(=O)(=O)c1ccc(Cl)s1. The summed E-state index contributed by atoms with van der Waals surface area (Å²) in [6.07, 6.45) is 0. The molecule has 0 aliphatic heterocycles. The van der Waals surface area contributed by atoms with E-state index in [1.165, 1.54) is 10.4 Å². The summed E-state index contributed by atoms with van der Waals surface area (Å²) in [5, 5.41) is 9.71. The first-order chi connectivity index (χ1) is 7.66. The number of likely N-dealkylation sites (N-methyl/N-ethyl adjacent to an activating group) is 1. The maximum absolute atomic E-state index is 12.2. The van der Waals surface area contributed by atoms with Crippen LogP contribution in [0.15, 0.2) is 16.3 Å². The number of thiophene rings is 1. The van der Waals surface area contributed by atoms with Crippen LogP contribution in [0.4, 0.5) is 0 Å². The number of sulfonamides is 1. The summed E-state index contributed by atoms with van der Waals surface area (Å²) in [7, 11) is -3.56. The monoisotopic (exact) mass is 297 g/mol. The second kappa shape index (κ2) is 5.24. The summed E-state index contributed by atoms with van der Waals surface area (Å²) in [5.41, 5.74) is -1.07. The lowest BCUT2D eigenvalue weighted by Gasteiger charge is -2.26. The standard InChI is InChI=1S/C10H16ClNO3S2/c1-4-12(7-10(2,3)13)17(14,15)9-6-5-8(11)16-9/h5-6,13H,4,7H2,1-3H3. The van der Waals surface area contributed by atoms with E-state index in [-0.39, 0.29) is 10.8 Å². The zero-order valence-electron chi connectivity index (χ0n) is 9.97. The number of nitrogens with zero attached hydrogens (tertiary/aromatic N) is 1. The van der Waals surface area contributed by atoms with Crippen LogP contribution < -0.4 is 0 Å². The number of aliphatic hydroxyl groups is 1. The molecule has 0 fully saturated rings. The van der Waals surface area contributed by atoms with Crippen molar-refractivity contribution < 1.29 is 13.5 Å². The van der Waals surface area contributed by atoms with E-state index >= 15 is 0 Å². The maximum atomic E-state index is 12.2. The van der Waals surface area contributed by atoms with Gasteiger partial charge in [0.15, 0.2) is 0 Å². The van der Waals surface area contributed by atoms with Crippen LogP contribution in [0, 0.1) is 0 Å². The minimum atomic E-state index is -3.56. The number of halogens is 1. The van der Waals surface area contributed by atoms with Crippen molar-refractivity contribution in [1.29, 1.82) is 0 Å². The van der Waals surface area contributed by atoms with E-state index in [9.17, 15) is 13.5 Å². The smallest absolute Gasteiger partial charge is 0.252 e. The molecule has 17 heavy (non-hydrogen) atoms. The minimum Gasteiger partial charge on any atom is -0.389 e. The van der Waals surface area contributed by atoms with Crippen LogP contribution in [-0.2, 0) is 10.0 Å². The zero-order valence-corrected chi connectivity index (χ0v) is 12.4. The highest BCUT2D eigenvalue weighted by molar-refractivity contribution is 7.91. The predicted molar refractivity (Wildman–Crippen MR) is 70.1 cm³/mol. The largest absolute Gasteiger partial charge is 0.389 e. The van der Waals surface area contributed by atoms with Crippen LogP contribution in [0.5, 0.6) is 0 Å². The van der Waals surface area contributed by atoms with Crippen molar-refractivity contribution in [1.82, 2.24) is 4.31 Å². The molecular formula is C10H16ClNO3S2. The molecule has 0 aliphatic rings. The number of rotatable bonds is 5. The highest BCUT2D eigenvalue weighted by atomic mass is 35.5. The number of hydrogen-bond acceptors (Lipinski definition) is 4. The first kappa shape index (κ1) is 14.9.